The van der Waals surface area contributed by atoms with Crippen LogP contribution in [0.3, 0.4) is 0 Å². The second-order valence-electron chi connectivity index (χ2n) is 11.3. The van der Waals surface area contributed by atoms with Crippen LogP contribution in [0.4, 0.5) is 0 Å². The topological polar surface area (TPSA) is 277 Å². The van der Waals surface area contributed by atoms with Crippen molar-refractivity contribution in [3.63, 3.8) is 0 Å². The van der Waals surface area contributed by atoms with Gasteiger partial charge in [0.15, 0.2) is 5.96 Å². The summed E-state index contributed by atoms with van der Waals surface area (Å²) in [6.07, 6.45) is 3.66. The third kappa shape index (κ3) is 11.6. The van der Waals surface area contributed by atoms with Crippen molar-refractivity contribution in [2.45, 2.75) is 69.1 Å². The van der Waals surface area contributed by atoms with Crippen LogP contribution in [-0.4, -0.2) is 82.1 Å². The lowest BCUT2D eigenvalue weighted by Gasteiger charge is -2.25. The number of hydrogen-bond donors (Lipinski definition) is 10. The first-order valence-electron chi connectivity index (χ1n) is 15.5. The number of rotatable bonds is 19. The highest BCUT2D eigenvalue weighted by molar-refractivity contribution is 5.95. The summed E-state index contributed by atoms with van der Waals surface area (Å²) >= 11 is 0. The van der Waals surface area contributed by atoms with Crippen LogP contribution >= 0.6 is 0 Å². The molecule has 0 aliphatic rings. The van der Waals surface area contributed by atoms with Gasteiger partial charge in [-0.3, -0.25) is 19.4 Å². The Morgan fingerprint density at radius 2 is 1.45 bits per heavy atom. The molecule has 3 aromatic rings. The first-order chi connectivity index (χ1) is 22.5. The molecule has 1 aromatic heterocycles. The van der Waals surface area contributed by atoms with E-state index in [0.29, 0.717) is 31.4 Å². The number of aliphatic imine (C=N–C) groups is 1. The summed E-state index contributed by atoms with van der Waals surface area (Å²) in [5.74, 6) is -3.25. The molecule has 0 fully saturated rings. The molecule has 1 heterocycles. The molecule has 0 bridgehead atoms. The first kappa shape index (κ1) is 36.3. The standard InChI is InChI=1S/C32H45N9O6/c33-14-4-3-9-25(31(46)47)39-30(45)27(17-20-18-38-24-8-2-1-6-22(20)24)41-29(44)26(16-19-10-12-21(42)13-11-19)40-28(43)23(34)7-5-15-37-32(35)36/h1-2,6,8,10-13,18,23,25-27,38,42H,3-5,7,9,14-17,33-34H2,(H,39,45)(H,40,43)(H,41,44)(H,46,47)(H4,35,36,37). The first-order valence-corrected chi connectivity index (χ1v) is 15.5. The molecule has 3 amide bonds. The Kier molecular flexibility index (Phi) is 14.0. The highest BCUT2D eigenvalue weighted by Crippen LogP contribution is 2.20. The number of phenolic OH excluding ortho intramolecular Hbond substituents is 1. The molecular formula is C32H45N9O6. The van der Waals surface area contributed by atoms with Gasteiger partial charge in [-0.1, -0.05) is 30.3 Å². The van der Waals surface area contributed by atoms with E-state index < -0.39 is 47.9 Å². The average Bonchev–Trinajstić information content (AvgIpc) is 3.45. The number of aromatic hydroxyl groups is 1. The van der Waals surface area contributed by atoms with Crippen molar-refractivity contribution < 1.29 is 29.4 Å². The number of nitrogens with one attached hydrogen (secondary N) is 4. The Hall–Kier alpha value is -5.15. The van der Waals surface area contributed by atoms with E-state index in [1.165, 1.54) is 12.1 Å². The molecular weight excluding hydrogens is 606 g/mol. The zero-order chi connectivity index (χ0) is 34.3. The fourth-order valence-electron chi connectivity index (χ4n) is 5.03. The number of carboxylic acids is 1. The number of carbonyl (C=O) groups excluding carboxylic acids is 3. The SMILES string of the molecule is NCCCCC(NC(=O)C(Cc1c[nH]c2ccccc12)NC(=O)C(Cc1ccc(O)cc1)NC(=O)C(N)CCCN=C(N)N)C(=O)O. The van der Waals surface area contributed by atoms with E-state index in [0.717, 1.165) is 16.5 Å². The number of fused-ring (bicyclic) bond motifs is 1. The zero-order valence-corrected chi connectivity index (χ0v) is 26.2. The fourth-order valence-corrected chi connectivity index (χ4v) is 5.03. The van der Waals surface area contributed by atoms with Crippen molar-refractivity contribution in [1.82, 2.24) is 20.9 Å². The lowest BCUT2D eigenvalue weighted by Crippen LogP contribution is -2.58. The summed E-state index contributed by atoms with van der Waals surface area (Å²) in [7, 11) is 0. The maximum Gasteiger partial charge on any atom is 0.326 e. The summed E-state index contributed by atoms with van der Waals surface area (Å²) in [6.45, 7) is 0.655. The second-order valence-corrected chi connectivity index (χ2v) is 11.3. The number of unbranched alkanes of at least 4 members (excludes halogenated alkanes) is 1. The van der Waals surface area contributed by atoms with Crippen LogP contribution in [0.15, 0.2) is 59.7 Å². The minimum atomic E-state index is -1.21. The third-order valence-corrected chi connectivity index (χ3v) is 7.61. The molecule has 4 unspecified atom stereocenters. The van der Waals surface area contributed by atoms with Crippen LogP contribution in [0.2, 0.25) is 0 Å². The number of hydrogen-bond acceptors (Lipinski definition) is 8. The van der Waals surface area contributed by atoms with E-state index in [4.69, 9.17) is 22.9 Å². The molecule has 254 valence electrons. The summed E-state index contributed by atoms with van der Waals surface area (Å²) in [6, 6.07) is 9.00. The summed E-state index contributed by atoms with van der Waals surface area (Å²) < 4.78 is 0. The van der Waals surface area contributed by atoms with Gasteiger partial charge >= 0.3 is 5.97 Å². The normalized spacial score (nSPS) is 13.6. The molecule has 15 heteroatoms. The van der Waals surface area contributed by atoms with Crippen molar-refractivity contribution in [3.8, 4) is 5.75 Å². The average molecular weight is 652 g/mol. The third-order valence-electron chi connectivity index (χ3n) is 7.61. The molecule has 3 rings (SSSR count). The van der Waals surface area contributed by atoms with Gasteiger partial charge < -0.3 is 54.1 Å². The van der Waals surface area contributed by atoms with Gasteiger partial charge in [0.2, 0.25) is 17.7 Å². The van der Waals surface area contributed by atoms with Gasteiger partial charge in [0.1, 0.15) is 23.9 Å². The van der Waals surface area contributed by atoms with Gasteiger partial charge in [0, 0.05) is 36.5 Å². The Bertz CT molecular complexity index is 1520. The van der Waals surface area contributed by atoms with Crippen molar-refractivity contribution in [1.29, 1.82) is 0 Å². The lowest BCUT2D eigenvalue weighted by atomic mass is 10.0. The van der Waals surface area contributed by atoms with Crippen LogP contribution in [0, 0.1) is 0 Å². The molecule has 0 saturated carbocycles. The molecule has 15 nitrogen and oxygen atoms in total. The second kappa shape index (κ2) is 18.1. The van der Waals surface area contributed by atoms with Crippen LogP contribution in [0.5, 0.6) is 5.75 Å². The molecule has 2 aromatic carbocycles. The molecule has 0 spiro atoms. The Labute approximate surface area is 272 Å². The van der Waals surface area contributed by atoms with E-state index in [1.807, 2.05) is 24.3 Å². The molecule has 14 N–H and O–H groups in total. The van der Waals surface area contributed by atoms with Gasteiger partial charge in [0.25, 0.3) is 0 Å². The molecule has 0 radical (unpaired) electrons. The number of aromatic amines is 1. The Morgan fingerprint density at radius 3 is 2.11 bits per heavy atom. The number of aromatic nitrogens is 1. The van der Waals surface area contributed by atoms with Gasteiger partial charge in [-0.15, -0.1) is 0 Å². The summed E-state index contributed by atoms with van der Waals surface area (Å²) in [5, 5.41) is 28.3. The molecule has 4 atom stereocenters. The Balaban J connectivity index is 1.86. The Morgan fingerprint density at radius 1 is 0.809 bits per heavy atom. The summed E-state index contributed by atoms with van der Waals surface area (Å²) in [5.41, 5.74) is 24.5. The highest BCUT2D eigenvalue weighted by atomic mass is 16.4. The van der Waals surface area contributed by atoms with Crippen molar-refractivity contribution >= 4 is 40.6 Å². The maximum absolute atomic E-state index is 13.9. The van der Waals surface area contributed by atoms with Crippen molar-refractivity contribution in [2.75, 3.05) is 13.1 Å². The van der Waals surface area contributed by atoms with Gasteiger partial charge in [-0.05, 0) is 68.0 Å². The zero-order valence-electron chi connectivity index (χ0n) is 26.2. The van der Waals surface area contributed by atoms with E-state index in [9.17, 15) is 29.4 Å². The van der Waals surface area contributed by atoms with Crippen LogP contribution in [0.1, 0.15) is 43.2 Å². The van der Waals surface area contributed by atoms with Crippen molar-refractivity contribution in [2.24, 2.45) is 27.9 Å². The van der Waals surface area contributed by atoms with Gasteiger partial charge in [0.05, 0.1) is 6.04 Å². The summed E-state index contributed by atoms with van der Waals surface area (Å²) in [4.78, 5) is 59.6. The van der Waals surface area contributed by atoms with Crippen molar-refractivity contribution in [3.05, 3.63) is 65.9 Å². The smallest absolute Gasteiger partial charge is 0.326 e. The number of nitrogens with zero attached hydrogens (tertiary/aromatic N) is 1. The van der Waals surface area contributed by atoms with E-state index in [1.54, 1.807) is 18.3 Å². The number of guanidine groups is 1. The maximum atomic E-state index is 13.9. The number of carbonyl (C=O) groups is 4. The minimum Gasteiger partial charge on any atom is -0.508 e. The number of amides is 3. The number of phenols is 1. The largest absolute Gasteiger partial charge is 0.508 e. The van der Waals surface area contributed by atoms with Gasteiger partial charge in [-0.2, -0.15) is 0 Å². The van der Waals surface area contributed by atoms with E-state index in [2.05, 4.69) is 25.9 Å². The predicted octanol–water partition coefficient (Wildman–Crippen LogP) is -0.292. The lowest BCUT2D eigenvalue weighted by molar-refractivity contribution is -0.142. The number of H-pyrrole nitrogens is 1. The van der Waals surface area contributed by atoms with Crippen LogP contribution in [0.25, 0.3) is 10.9 Å². The quantitative estimate of drug-likeness (QED) is 0.0459. The van der Waals surface area contributed by atoms with Gasteiger partial charge in [-0.25, -0.2) is 4.79 Å². The number of benzene rings is 2. The fraction of sp³-hybridized carbons (Fsp3) is 0.406. The number of nitrogens with two attached hydrogens (primary N) is 4. The monoisotopic (exact) mass is 651 g/mol. The van der Waals surface area contributed by atoms with Crippen LogP contribution in [-0.2, 0) is 32.0 Å². The number of carboxylic acid groups (broad SMARTS) is 1. The van der Waals surface area contributed by atoms with Crippen LogP contribution < -0.4 is 38.9 Å². The minimum absolute atomic E-state index is 0.0108. The number of aliphatic carboxylic acids is 1. The van der Waals surface area contributed by atoms with E-state index in [-0.39, 0.29) is 43.9 Å². The highest BCUT2D eigenvalue weighted by Gasteiger charge is 2.31. The molecule has 0 aliphatic carbocycles. The number of para-hydroxylation sites is 1. The molecule has 47 heavy (non-hydrogen) atoms. The molecule has 0 saturated heterocycles. The molecule has 0 aliphatic heterocycles. The van der Waals surface area contributed by atoms with E-state index >= 15 is 0 Å². The predicted molar refractivity (Wildman–Crippen MR) is 178 cm³/mol.